The number of amides is 1. The van der Waals surface area contributed by atoms with Crippen molar-refractivity contribution in [2.45, 2.75) is 45.8 Å². The normalized spacial score (nSPS) is 14.5. The number of nitrogens with zero attached hydrogens (tertiary/aromatic N) is 1. The molecule has 0 aliphatic carbocycles. The average molecular weight is 420 g/mol. The van der Waals surface area contributed by atoms with Gasteiger partial charge in [-0.3, -0.25) is 9.59 Å². The van der Waals surface area contributed by atoms with Crippen LogP contribution in [0.15, 0.2) is 60.0 Å². The molecule has 1 aliphatic heterocycles. The van der Waals surface area contributed by atoms with Crippen LogP contribution in [0, 0.1) is 0 Å². The Kier molecular flexibility index (Phi) is 5.24. The van der Waals surface area contributed by atoms with E-state index in [1.807, 2.05) is 75.5 Å². The molecule has 4 rings (SSSR count). The quantitative estimate of drug-likeness (QED) is 0.486. The molecule has 0 bridgehead atoms. The first-order valence-corrected chi connectivity index (χ1v) is 10.9. The van der Waals surface area contributed by atoms with Crippen LogP contribution in [0.1, 0.15) is 55.1 Å². The fraction of sp³-hybridized carbons (Fsp3) is 0.280. The van der Waals surface area contributed by atoms with Crippen LogP contribution in [0.2, 0.25) is 0 Å². The van der Waals surface area contributed by atoms with Gasteiger partial charge in [-0.2, -0.15) is 0 Å². The lowest BCUT2D eigenvalue weighted by Crippen LogP contribution is -2.27. The summed E-state index contributed by atoms with van der Waals surface area (Å²) in [6.45, 7) is 7.97. The van der Waals surface area contributed by atoms with Crippen molar-refractivity contribution in [2.75, 3.05) is 4.90 Å². The molecule has 1 atom stereocenters. The standard InChI is InChI=1S/C25H25NO3S/c1-16(24(28)29-25(2,3)4)17-10-12-18(13-11-17)26-15-21-19(22-9-6-14-30-22)7-5-8-20(21)23(26)27/h5-14,16H,15H2,1-4H3. The minimum atomic E-state index is -0.515. The highest BCUT2D eigenvalue weighted by Crippen LogP contribution is 2.37. The Morgan fingerprint density at radius 1 is 1.03 bits per heavy atom. The van der Waals surface area contributed by atoms with Gasteiger partial charge in [-0.1, -0.05) is 30.3 Å². The molecule has 0 saturated heterocycles. The van der Waals surface area contributed by atoms with E-state index < -0.39 is 5.60 Å². The maximum atomic E-state index is 13.1. The average Bonchev–Trinajstić information content (AvgIpc) is 3.35. The lowest BCUT2D eigenvalue weighted by atomic mass is 10.0. The summed E-state index contributed by atoms with van der Waals surface area (Å²) in [5.74, 6) is -0.605. The van der Waals surface area contributed by atoms with Gasteiger partial charge in [0.2, 0.25) is 0 Å². The topological polar surface area (TPSA) is 46.6 Å². The Morgan fingerprint density at radius 2 is 1.73 bits per heavy atom. The summed E-state index contributed by atoms with van der Waals surface area (Å²) in [5.41, 5.74) is 4.13. The number of thiophene rings is 1. The molecule has 0 saturated carbocycles. The van der Waals surface area contributed by atoms with Gasteiger partial charge in [0.15, 0.2) is 0 Å². The number of carbonyl (C=O) groups excluding carboxylic acids is 2. The summed E-state index contributed by atoms with van der Waals surface area (Å²) in [6.07, 6.45) is 0. The first-order chi connectivity index (χ1) is 14.2. The number of hydrogen-bond acceptors (Lipinski definition) is 4. The van der Waals surface area contributed by atoms with Crippen molar-refractivity contribution in [1.82, 2.24) is 0 Å². The van der Waals surface area contributed by atoms with Gasteiger partial charge in [0.05, 0.1) is 12.5 Å². The molecule has 1 aliphatic rings. The van der Waals surface area contributed by atoms with Crippen molar-refractivity contribution in [2.24, 2.45) is 0 Å². The fourth-order valence-electron chi connectivity index (χ4n) is 3.67. The van der Waals surface area contributed by atoms with E-state index in [0.29, 0.717) is 6.54 Å². The van der Waals surface area contributed by atoms with Crippen LogP contribution < -0.4 is 4.90 Å². The number of carbonyl (C=O) groups is 2. The van der Waals surface area contributed by atoms with Gasteiger partial charge >= 0.3 is 5.97 Å². The van der Waals surface area contributed by atoms with Gasteiger partial charge in [-0.05, 0) is 74.0 Å². The zero-order valence-electron chi connectivity index (χ0n) is 17.6. The van der Waals surface area contributed by atoms with Crippen molar-refractivity contribution >= 4 is 28.9 Å². The summed E-state index contributed by atoms with van der Waals surface area (Å²) < 4.78 is 5.49. The molecule has 1 amide bonds. The van der Waals surface area contributed by atoms with Crippen molar-refractivity contribution in [1.29, 1.82) is 0 Å². The molecule has 4 nitrogen and oxygen atoms in total. The maximum Gasteiger partial charge on any atom is 0.313 e. The number of rotatable bonds is 4. The lowest BCUT2D eigenvalue weighted by Gasteiger charge is -2.23. The number of hydrogen-bond donors (Lipinski definition) is 0. The molecule has 2 heterocycles. The summed E-state index contributed by atoms with van der Waals surface area (Å²) in [6, 6.07) is 17.6. The Morgan fingerprint density at radius 3 is 2.37 bits per heavy atom. The summed E-state index contributed by atoms with van der Waals surface area (Å²) in [4.78, 5) is 28.4. The molecule has 0 N–H and O–H groups in total. The molecular formula is C25H25NO3S. The summed E-state index contributed by atoms with van der Waals surface area (Å²) in [5, 5.41) is 2.05. The van der Waals surface area contributed by atoms with Gasteiger partial charge in [0.25, 0.3) is 5.91 Å². The molecular weight excluding hydrogens is 394 g/mol. The Labute approximate surface area is 181 Å². The molecule has 1 unspecified atom stereocenters. The SMILES string of the molecule is CC(C(=O)OC(C)(C)C)c1ccc(N2Cc3c(cccc3-c3cccs3)C2=O)cc1. The minimum absolute atomic E-state index is 0.0105. The monoisotopic (exact) mass is 419 g/mol. The summed E-state index contributed by atoms with van der Waals surface area (Å²) >= 11 is 1.68. The number of benzene rings is 2. The van der Waals surface area contributed by atoms with Crippen LogP contribution in [0.25, 0.3) is 10.4 Å². The molecule has 3 aromatic rings. The smallest absolute Gasteiger partial charge is 0.313 e. The van der Waals surface area contributed by atoms with Crippen molar-refractivity contribution < 1.29 is 14.3 Å². The number of ether oxygens (including phenoxy) is 1. The lowest BCUT2D eigenvalue weighted by molar-refractivity contribution is -0.156. The van der Waals surface area contributed by atoms with E-state index in [2.05, 4.69) is 12.1 Å². The van der Waals surface area contributed by atoms with E-state index in [4.69, 9.17) is 4.74 Å². The number of esters is 1. The molecule has 0 radical (unpaired) electrons. The van der Waals surface area contributed by atoms with E-state index >= 15 is 0 Å². The van der Waals surface area contributed by atoms with Crippen LogP contribution >= 0.6 is 11.3 Å². The third kappa shape index (κ3) is 3.90. The van der Waals surface area contributed by atoms with E-state index in [-0.39, 0.29) is 17.8 Å². The van der Waals surface area contributed by atoms with Gasteiger partial charge in [-0.15, -0.1) is 11.3 Å². The largest absolute Gasteiger partial charge is 0.460 e. The highest BCUT2D eigenvalue weighted by molar-refractivity contribution is 7.13. The van der Waals surface area contributed by atoms with E-state index in [1.165, 1.54) is 4.88 Å². The van der Waals surface area contributed by atoms with Crippen LogP contribution in [0.3, 0.4) is 0 Å². The predicted molar refractivity (Wildman–Crippen MR) is 121 cm³/mol. The molecule has 30 heavy (non-hydrogen) atoms. The third-order valence-electron chi connectivity index (χ3n) is 5.22. The van der Waals surface area contributed by atoms with E-state index in [0.717, 1.165) is 27.9 Å². The highest BCUT2D eigenvalue weighted by atomic mass is 32.1. The van der Waals surface area contributed by atoms with Crippen LogP contribution in [0.5, 0.6) is 0 Å². The molecule has 0 spiro atoms. The molecule has 5 heteroatoms. The second kappa shape index (κ2) is 7.73. The molecule has 154 valence electrons. The first-order valence-electron chi connectivity index (χ1n) is 10.0. The summed E-state index contributed by atoms with van der Waals surface area (Å²) in [7, 11) is 0. The van der Waals surface area contributed by atoms with Crippen molar-refractivity contribution in [3.8, 4) is 10.4 Å². The zero-order valence-corrected chi connectivity index (χ0v) is 18.5. The fourth-order valence-corrected chi connectivity index (χ4v) is 4.45. The highest BCUT2D eigenvalue weighted by Gasteiger charge is 2.31. The molecule has 0 fully saturated rings. The van der Waals surface area contributed by atoms with E-state index in [9.17, 15) is 9.59 Å². The van der Waals surface area contributed by atoms with Crippen LogP contribution in [-0.2, 0) is 16.1 Å². The van der Waals surface area contributed by atoms with Crippen LogP contribution in [-0.4, -0.2) is 17.5 Å². The first kappa shape index (κ1) is 20.4. The Hall–Kier alpha value is -2.92. The number of fused-ring (bicyclic) bond motifs is 1. The minimum Gasteiger partial charge on any atom is -0.460 e. The van der Waals surface area contributed by atoms with Gasteiger partial charge in [0, 0.05) is 16.1 Å². The Bertz CT molecular complexity index is 1080. The van der Waals surface area contributed by atoms with Crippen LogP contribution in [0.4, 0.5) is 5.69 Å². The van der Waals surface area contributed by atoms with E-state index in [1.54, 1.807) is 16.2 Å². The second-order valence-corrected chi connectivity index (χ2v) is 9.49. The van der Waals surface area contributed by atoms with Crippen molar-refractivity contribution in [3.05, 3.63) is 76.7 Å². The molecule has 1 aromatic heterocycles. The zero-order chi connectivity index (χ0) is 21.5. The number of anilines is 1. The molecule has 2 aromatic carbocycles. The van der Waals surface area contributed by atoms with Gasteiger partial charge < -0.3 is 9.64 Å². The van der Waals surface area contributed by atoms with Crippen molar-refractivity contribution in [3.63, 3.8) is 0 Å². The second-order valence-electron chi connectivity index (χ2n) is 8.55. The predicted octanol–water partition coefficient (Wildman–Crippen LogP) is 6.02. The van der Waals surface area contributed by atoms with Gasteiger partial charge in [0.1, 0.15) is 5.60 Å². The van der Waals surface area contributed by atoms with Gasteiger partial charge in [-0.25, -0.2) is 0 Å². The maximum absolute atomic E-state index is 13.1. The Balaban J connectivity index is 1.56. The third-order valence-corrected chi connectivity index (χ3v) is 6.12.